The van der Waals surface area contributed by atoms with Gasteiger partial charge in [-0.15, -0.1) is 0 Å². The predicted octanol–water partition coefficient (Wildman–Crippen LogP) is 2.11. The molecule has 0 amide bonds. The fraction of sp³-hybridized carbons (Fsp3) is 0.200. The minimum absolute atomic E-state index is 0.0647. The Labute approximate surface area is 85.4 Å². The number of carbonyl (C=O) groups is 1. The van der Waals surface area contributed by atoms with Crippen molar-refractivity contribution in [3.63, 3.8) is 0 Å². The summed E-state index contributed by atoms with van der Waals surface area (Å²) in [7, 11) is 0. The zero-order chi connectivity index (χ0) is 9.68. The van der Waals surface area contributed by atoms with Crippen LogP contribution in [0.25, 0.3) is 0 Å². The summed E-state index contributed by atoms with van der Waals surface area (Å²) < 4.78 is 2.08. The maximum atomic E-state index is 11.5. The normalized spacial score (nSPS) is 11.0. The molecule has 0 aliphatic rings. The van der Waals surface area contributed by atoms with Crippen LogP contribution in [0.5, 0.6) is 0 Å². The van der Waals surface area contributed by atoms with Crippen molar-refractivity contribution in [2.75, 3.05) is 0 Å². The van der Waals surface area contributed by atoms with Crippen molar-refractivity contribution in [1.29, 1.82) is 0 Å². The van der Waals surface area contributed by atoms with Crippen molar-refractivity contribution >= 4 is 25.5 Å². The average molecular weight is 281 g/mol. The van der Waals surface area contributed by atoms with E-state index < -0.39 is 19.8 Å². The minimum atomic E-state index is -1.26. The zero-order valence-corrected chi connectivity index (χ0v) is 10.7. The number of carbonyl (C=O) groups excluding carboxylic acids is 1. The molecule has 0 N–H and O–H groups in total. The average Bonchev–Trinajstić information content (AvgIpc) is 2.15. The van der Waals surface area contributed by atoms with Crippen molar-refractivity contribution in [2.45, 2.75) is 9.88 Å². The number of allylic oxidation sites excluding steroid dienone is 1. The molecule has 67 valence electrons. The molecule has 0 fully saturated rings. The van der Waals surface area contributed by atoms with Crippen molar-refractivity contribution in [1.82, 2.24) is 4.98 Å². The van der Waals surface area contributed by atoms with Gasteiger partial charge in [-0.05, 0) is 0 Å². The van der Waals surface area contributed by atoms with Crippen LogP contribution >= 0.6 is 0 Å². The molecule has 0 aliphatic carbocycles. The molecule has 0 saturated heterocycles. The van der Waals surface area contributed by atoms with Crippen LogP contribution in [0.3, 0.4) is 0 Å². The van der Waals surface area contributed by atoms with Gasteiger partial charge < -0.3 is 0 Å². The number of hydrogen-bond acceptors (Lipinski definition) is 2. The first-order valence-corrected chi connectivity index (χ1v) is 11.5. The molecule has 1 aromatic rings. The summed E-state index contributed by atoms with van der Waals surface area (Å²) in [5, 5.41) is 0. The van der Waals surface area contributed by atoms with Gasteiger partial charge in [0, 0.05) is 0 Å². The van der Waals surface area contributed by atoms with Crippen molar-refractivity contribution in [2.24, 2.45) is 0 Å². The second-order valence-corrected chi connectivity index (χ2v) is 10.1. The molecule has 0 aromatic carbocycles. The Balaban J connectivity index is 2.70. The van der Waals surface area contributed by atoms with E-state index in [1.165, 1.54) is 0 Å². The van der Waals surface area contributed by atoms with Crippen LogP contribution in [-0.4, -0.2) is 30.5 Å². The molecule has 0 atom stereocenters. The van der Waals surface area contributed by atoms with Gasteiger partial charge >= 0.3 is 85.5 Å². The number of hydrogen-bond donors (Lipinski definition) is 0. The molecule has 0 spiro atoms. The van der Waals surface area contributed by atoms with E-state index in [9.17, 15) is 4.79 Å². The molecule has 13 heavy (non-hydrogen) atoms. The van der Waals surface area contributed by atoms with E-state index in [0.29, 0.717) is 5.56 Å². The molecule has 1 heterocycles. The Bertz CT molecular complexity index is 306. The summed E-state index contributed by atoms with van der Waals surface area (Å²) >= 11 is -1.26. The van der Waals surface area contributed by atoms with Gasteiger partial charge in [0.2, 0.25) is 0 Å². The van der Waals surface area contributed by atoms with Gasteiger partial charge in [0.05, 0.1) is 0 Å². The number of aromatic nitrogens is 1. The summed E-state index contributed by atoms with van der Waals surface area (Å²) in [6, 6.07) is 3.56. The second-order valence-electron chi connectivity index (χ2n) is 3.02. The maximum absolute atomic E-state index is 11.5. The molecule has 1 aromatic heterocycles. The first-order chi connectivity index (χ1) is 6.20. The first kappa shape index (κ1) is 10.4. The number of ketones is 1. The van der Waals surface area contributed by atoms with Crippen LogP contribution < -0.4 is 0 Å². The molecule has 1 rings (SSSR count). The summed E-state index contributed by atoms with van der Waals surface area (Å²) in [6.45, 7) is 0. The molecule has 0 saturated carbocycles. The Kier molecular flexibility index (Phi) is 4.15. The topological polar surface area (TPSA) is 30.0 Å². The third kappa shape index (κ3) is 3.72. The summed E-state index contributed by atoms with van der Waals surface area (Å²) in [5.41, 5.74) is 0.670. The van der Waals surface area contributed by atoms with Crippen LogP contribution in [0.1, 0.15) is 10.4 Å². The summed E-state index contributed by atoms with van der Waals surface area (Å²) in [6.07, 6.45) is 4.95. The third-order valence-corrected chi connectivity index (χ3v) is 3.89. The molecule has 0 bridgehead atoms. The van der Waals surface area contributed by atoms with E-state index in [0.717, 1.165) is 0 Å². The van der Waals surface area contributed by atoms with E-state index in [4.69, 9.17) is 0 Å². The van der Waals surface area contributed by atoms with E-state index >= 15 is 0 Å². The van der Waals surface area contributed by atoms with Crippen LogP contribution in [0.2, 0.25) is 9.88 Å². The zero-order valence-electron chi connectivity index (χ0n) is 7.82. The van der Waals surface area contributed by atoms with Crippen LogP contribution in [0.15, 0.2) is 34.7 Å². The van der Waals surface area contributed by atoms with E-state index in [1.54, 1.807) is 30.6 Å². The molecule has 1 radical (unpaired) electrons. The number of nitrogens with zero attached hydrogens (tertiary/aromatic N) is 1. The van der Waals surface area contributed by atoms with Gasteiger partial charge in [-0.2, -0.15) is 0 Å². The van der Waals surface area contributed by atoms with Crippen LogP contribution in [0, 0.1) is 0 Å². The standard InChI is InChI=1S/C8H6NO.2CH3.Sn/c1-2-8(10)7-4-3-5-9-6-7;;;/h1-6H;2*1H3;. The van der Waals surface area contributed by atoms with Crippen molar-refractivity contribution in [3.8, 4) is 0 Å². The van der Waals surface area contributed by atoms with Crippen molar-refractivity contribution < 1.29 is 4.79 Å². The quantitative estimate of drug-likeness (QED) is 0.482. The second kappa shape index (κ2) is 5.17. The molecule has 2 nitrogen and oxygen atoms in total. The predicted molar refractivity (Wildman–Crippen MR) is 55.2 cm³/mol. The molecular weight excluding hydrogens is 269 g/mol. The molecule has 0 aliphatic heterocycles. The number of rotatable bonds is 3. The Morgan fingerprint density at radius 3 is 2.85 bits per heavy atom. The fourth-order valence-electron chi connectivity index (χ4n) is 0.847. The third-order valence-electron chi connectivity index (χ3n) is 1.51. The van der Waals surface area contributed by atoms with E-state index in [1.807, 2.05) is 0 Å². The van der Waals surface area contributed by atoms with Gasteiger partial charge in [0.25, 0.3) is 0 Å². The Hall–Kier alpha value is -0.641. The summed E-state index contributed by atoms with van der Waals surface area (Å²) in [5.74, 6) is 0.0647. The van der Waals surface area contributed by atoms with Crippen LogP contribution in [0.4, 0.5) is 0 Å². The fourth-order valence-corrected chi connectivity index (χ4v) is 2.23. The van der Waals surface area contributed by atoms with Crippen LogP contribution in [-0.2, 0) is 0 Å². The summed E-state index contributed by atoms with van der Waals surface area (Å²) in [4.78, 5) is 19.8. The Morgan fingerprint density at radius 1 is 1.54 bits per heavy atom. The van der Waals surface area contributed by atoms with Gasteiger partial charge in [-0.25, -0.2) is 0 Å². The monoisotopic (exact) mass is 282 g/mol. The van der Waals surface area contributed by atoms with Crippen molar-refractivity contribution in [3.05, 3.63) is 40.3 Å². The first-order valence-electron chi connectivity index (χ1n) is 4.13. The van der Waals surface area contributed by atoms with Gasteiger partial charge in [-0.3, -0.25) is 0 Å². The van der Waals surface area contributed by atoms with Gasteiger partial charge in [0.1, 0.15) is 0 Å². The van der Waals surface area contributed by atoms with Gasteiger partial charge in [-0.1, -0.05) is 0 Å². The van der Waals surface area contributed by atoms with E-state index in [-0.39, 0.29) is 5.78 Å². The Morgan fingerprint density at radius 2 is 2.31 bits per heavy atom. The SMILES string of the molecule is [CH3][Sn]([CH3])/[CH]=C/C(=O)c1cccnc1. The molecule has 3 heteroatoms. The van der Waals surface area contributed by atoms with Gasteiger partial charge in [0.15, 0.2) is 0 Å². The molecule has 0 unspecified atom stereocenters. The number of pyridine rings is 1. The molecular formula is C10H12NOSn. The van der Waals surface area contributed by atoms with E-state index in [2.05, 4.69) is 19.0 Å².